The van der Waals surface area contributed by atoms with Crippen molar-refractivity contribution in [1.29, 1.82) is 0 Å². The van der Waals surface area contributed by atoms with Crippen LogP contribution in [0.4, 0.5) is 0 Å². The molecule has 4 nitrogen and oxygen atoms in total. The molecular formula is C19H29ClN2O2. The molecule has 0 saturated heterocycles. The number of unbranched alkanes of at least 4 members (excludes halogenated alkanes) is 8. The summed E-state index contributed by atoms with van der Waals surface area (Å²) in [6.07, 6.45) is 11.4. The third-order valence-electron chi connectivity index (χ3n) is 3.93. The molecule has 1 aromatic carbocycles. The van der Waals surface area contributed by atoms with E-state index in [2.05, 4.69) is 17.8 Å². The van der Waals surface area contributed by atoms with Crippen molar-refractivity contribution in [1.82, 2.24) is 10.9 Å². The molecule has 0 atom stereocenters. The van der Waals surface area contributed by atoms with Crippen molar-refractivity contribution < 1.29 is 9.59 Å². The zero-order valence-corrected chi connectivity index (χ0v) is 15.3. The van der Waals surface area contributed by atoms with Gasteiger partial charge in [0.05, 0.1) is 0 Å². The lowest BCUT2D eigenvalue weighted by atomic mass is 10.1. The largest absolute Gasteiger partial charge is 0.273 e. The summed E-state index contributed by atoms with van der Waals surface area (Å²) in [7, 11) is 0. The number of hydrogen-bond donors (Lipinski definition) is 2. The second-order valence-corrected chi connectivity index (χ2v) is 6.52. The van der Waals surface area contributed by atoms with Gasteiger partial charge in [-0.25, -0.2) is 0 Å². The SMILES string of the molecule is CCCCCCCCCCCC(=O)NNC(=O)c1ccc(Cl)cc1. The van der Waals surface area contributed by atoms with E-state index in [0.717, 1.165) is 12.8 Å². The summed E-state index contributed by atoms with van der Waals surface area (Å²) in [4.78, 5) is 23.5. The van der Waals surface area contributed by atoms with E-state index in [9.17, 15) is 9.59 Å². The molecule has 0 fully saturated rings. The average Bonchev–Trinajstić information content (AvgIpc) is 2.59. The highest BCUT2D eigenvalue weighted by Crippen LogP contribution is 2.11. The summed E-state index contributed by atoms with van der Waals surface area (Å²) < 4.78 is 0. The van der Waals surface area contributed by atoms with Crippen LogP contribution in [0.5, 0.6) is 0 Å². The Morgan fingerprint density at radius 2 is 1.38 bits per heavy atom. The zero-order valence-electron chi connectivity index (χ0n) is 14.6. The maximum Gasteiger partial charge on any atom is 0.269 e. The molecule has 0 spiro atoms. The van der Waals surface area contributed by atoms with Gasteiger partial charge in [-0.3, -0.25) is 20.4 Å². The second kappa shape index (κ2) is 12.8. The van der Waals surface area contributed by atoms with Crippen LogP contribution in [0.2, 0.25) is 5.02 Å². The predicted octanol–water partition coefficient (Wildman–Crippen LogP) is 5.02. The average molecular weight is 353 g/mol. The Labute approximate surface area is 150 Å². The molecule has 134 valence electrons. The Morgan fingerprint density at radius 3 is 1.96 bits per heavy atom. The first-order valence-corrected chi connectivity index (χ1v) is 9.36. The van der Waals surface area contributed by atoms with Gasteiger partial charge in [0.2, 0.25) is 5.91 Å². The number of carbonyl (C=O) groups is 2. The van der Waals surface area contributed by atoms with Crippen molar-refractivity contribution in [2.75, 3.05) is 0 Å². The molecule has 0 unspecified atom stereocenters. The molecule has 0 heterocycles. The number of hydrogen-bond acceptors (Lipinski definition) is 2. The molecule has 2 amide bonds. The number of carbonyl (C=O) groups excluding carboxylic acids is 2. The molecule has 1 rings (SSSR count). The van der Waals surface area contributed by atoms with E-state index in [1.54, 1.807) is 24.3 Å². The fourth-order valence-corrected chi connectivity index (χ4v) is 2.58. The fraction of sp³-hybridized carbons (Fsp3) is 0.579. The third kappa shape index (κ3) is 9.56. The lowest BCUT2D eigenvalue weighted by Gasteiger charge is -2.07. The molecule has 0 aliphatic heterocycles. The molecule has 0 aliphatic rings. The number of hydrazine groups is 1. The maximum absolute atomic E-state index is 11.8. The zero-order chi connectivity index (χ0) is 17.6. The third-order valence-corrected chi connectivity index (χ3v) is 4.18. The first-order chi connectivity index (χ1) is 11.6. The summed E-state index contributed by atoms with van der Waals surface area (Å²) in [5, 5.41) is 0.570. The van der Waals surface area contributed by atoms with Gasteiger partial charge in [-0.2, -0.15) is 0 Å². The Hall–Kier alpha value is -1.55. The minimum Gasteiger partial charge on any atom is -0.273 e. The van der Waals surface area contributed by atoms with Gasteiger partial charge >= 0.3 is 0 Å². The second-order valence-electron chi connectivity index (χ2n) is 6.09. The predicted molar refractivity (Wildman–Crippen MR) is 98.9 cm³/mol. The number of amides is 2. The van der Waals surface area contributed by atoms with Crippen LogP contribution in [0.3, 0.4) is 0 Å². The molecule has 0 saturated carbocycles. The van der Waals surface area contributed by atoms with Crippen LogP contribution in [-0.4, -0.2) is 11.8 Å². The summed E-state index contributed by atoms with van der Waals surface area (Å²) in [6.45, 7) is 2.23. The van der Waals surface area contributed by atoms with Gasteiger partial charge in [-0.15, -0.1) is 0 Å². The van der Waals surface area contributed by atoms with Crippen LogP contribution in [0.1, 0.15) is 81.5 Å². The minimum absolute atomic E-state index is 0.153. The van der Waals surface area contributed by atoms with Crippen molar-refractivity contribution in [3.8, 4) is 0 Å². The number of nitrogens with one attached hydrogen (secondary N) is 2. The molecule has 0 aromatic heterocycles. The molecule has 2 N–H and O–H groups in total. The van der Waals surface area contributed by atoms with E-state index in [4.69, 9.17) is 11.6 Å². The first-order valence-electron chi connectivity index (χ1n) is 8.98. The van der Waals surface area contributed by atoms with Gasteiger partial charge in [-0.1, -0.05) is 69.9 Å². The Bertz CT molecular complexity index is 489. The summed E-state index contributed by atoms with van der Waals surface area (Å²) in [6, 6.07) is 6.51. The minimum atomic E-state index is -0.341. The fourth-order valence-electron chi connectivity index (χ4n) is 2.46. The van der Waals surface area contributed by atoms with Gasteiger partial charge in [0.25, 0.3) is 5.91 Å². The molecule has 0 aliphatic carbocycles. The van der Waals surface area contributed by atoms with E-state index in [0.29, 0.717) is 17.0 Å². The molecular weight excluding hydrogens is 324 g/mol. The van der Waals surface area contributed by atoms with Crippen LogP contribution in [0.15, 0.2) is 24.3 Å². The Morgan fingerprint density at radius 1 is 0.833 bits per heavy atom. The maximum atomic E-state index is 11.8. The van der Waals surface area contributed by atoms with Crippen LogP contribution in [0.25, 0.3) is 0 Å². The number of halogens is 1. The van der Waals surface area contributed by atoms with E-state index in [-0.39, 0.29) is 11.8 Å². The quantitative estimate of drug-likeness (QED) is 0.434. The van der Waals surface area contributed by atoms with E-state index < -0.39 is 0 Å². The summed E-state index contributed by atoms with van der Waals surface area (Å²) in [5.74, 6) is -0.493. The van der Waals surface area contributed by atoms with Crippen molar-refractivity contribution >= 4 is 23.4 Å². The van der Waals surface area contributed by atoms with E-state index >= 15 is 0 Å². The monoisotopic (exact) mass is 352 g/mol. The van der Waals surface area contributed by atoms with Crippen molar-refractivity contribution in [2.45, 2.75) is 71.1 Å². The van der Waals surface area contributed by atoms with Gasteiger partial charge < -0.3 is 0 Å². The number of rotatable bonds is 11. The molecule has 5 heteroatoms. The first kappa shape index (κ1) is 20.5. The summed E-state index contributed by atoms with van der Waals surface area (Å²) >= 11 is 5.77. The standard InChI is InChI=1S/C19H29ClN2O2/c1-2-3-4-5-6-7-8-9-10-11-18(23)21-22-19(24)16-12-14-17(20)15-13-16/h12-15H,2-11H2,1H3,(H,21,23)(H,22,24). The Balaban J connectivity index is 2.02. The van der Waals surface area contributed by atoms with Gasteiger partial charge in [0, 0.05) is 17.0 Å². The van der Waals surface area contributed by atoms with E-state index in [1.807, 2.05) is 0 Å². The van der Waals surface area contributed by atoms with Crippen molar-refractivity contribution in [3.05, 3.63) is 34.9 Å². The van der Waals surface area contributed by atoms with Gasteiger partial charge in [0.1, 0.15) is 0 Å². The molecule has 24 heavy (non-hydrogen) atoms. The Kier molecular flexibility index (Phi) is 10.9. The van der Waals surface area contributed by atoms with Gasteiger partial charge in [0.15, 0.2) is 0 Å². The molecule has 0 radical (unpaired) electrons. The highest BCUT2D eigenvalue weighted by atomic mass is 35.5. The number of benzene rings is 1. The van der Waals surface area contributed by atoms with Crippen molar-refractivity contribution in [3.63, 3.8) is 0 Å². The normalized spacial score (nSPS) is 10.4. The molecule has 0 bridgehead atoms. The molecule has 1 aromatic rings. The highest BCUT2D eigenvalue weighted by molar-refractivity contribution is 6.30. The van der Waals surface area contributed by atoms with Crippen LogP contribution in [-0.2, 0) is 4.79 Å². The van der Waals surface area contributed by atoms with E-state index in [1.165, 1.54) is 44.9 Å². The van der Waals surface area contributed by atoms with Gasteiger partial charge in [-0.05, 0) is 30.7 Å². The van der Waals surface area contributed by atoms with Crippen LogP contribution in [0, 0.1) is 0 Å². The van der Waals surface area contributed by atoms with Crippen molar-refractivity contribution in [2.24, 2.45) is 0 Å². The summed E-state index contributed by atoms with van der Waals surface area (Å²) in [5.41, 5.74) is 5.33. The highest BCUT2D eigenvalue weighted by Gasteiger charge is 2.07. The van der Waals surface area contributed by atoms with Crippen LogP contribution >= 0.6 is 11.6 Å². The lowest BCUT2D eigenvalue weighted by molar-refractivity contribution is -0.122. The van der Waals surface area contributed by atoms with Crippen LogP contribution < -0.4 is 10.9 Å². The lowest BCUT2D eigenvalue weighted by Crippen LogP contribution is -2.41. The topological polar surface area (TPSA) is 58.2 Å². The smallest absolute Gasteiger partial charge is 0.269 e.